The first-order chi connectivity index (χ1) is 4.70. The number of carbonyl (C=O) groups excluding carboxylic acids is 1. The molecule has 4 heteroatoms. The molecule has 3 nitrogen and oxygen atoms in total. The third kappa shape index (κ3) is 1.66. The summed E-state index contributed by atoms with van der Waals surface area (Å²) in [4.78, 5) is 14.2. The van der Waals surface area contributed by atoms with E-state index in [-0.39, 0.29) is 9.67 Å². The molecule has 0 unspecified atom stereocenters. The number of pyridine rings is 1. The zero-order valence-electron chi connectivity index (χ0n) is 4.91. The Morgan fingerprint density at radius 1 is 1.60 bits per heavy atom. The van der Waals surface area contributed by atoms with E-state index in [0.717, 1.165) is 0 Å². The smallest absolute Gasteiger partial charge is 0.223 e. The first-order valence-corrected chi connectivity index (χ1v) is 3.63. The molecule has 0 aliphatic rings. The number of hydrogen-bond donors (Lipinski definition) is 1. The maximum absolute atomic E-state index is 10.6. The minimum atomic E-state index is -0.0786. The van der Waals surface area contributed by atoms with Gasteiger partial charge in [0.15, 0.2) is 0 Å². The zero-order chi connectivity index (χ0) is 7.56. The lowest BCUT2D eigenvalue weighted by atomic mass is 10.3. The third-order valence-electron chi connectivity index (χ3n) is 0.975. The second-order valence-corrected chi connectivity index (χ2v) is 2.66. The summed E-state index contributed by atoms with van der Waals surface area (Å²) in [5, 5.41) is 8.71. The average Bonchev–Trinajstić information content (AvgIpc) is 1.88. The summed E-state index contributed by atoms with van der Waals surface area (Å²) in [5.41, 5.74) is 0.499. The molecule has 0 aromatic carbocycles. The van der Waals surface area contributed by atoms with Crippen LogP contribution in [-0.2, 0) is 0 Å². The summed E-state index contributed by atoms with van der Waals surface area (Å²) >= 11 is 1.66. The second kappa shape index (κ2) is 2.96. The molecular formula is C6H4INO2. The number of hydrogen-bond acceptors (Lipinski definition) is 3. The van der Waals surface area contributed by atoms with Crippen LogP contribution in [0.15, 0.2) is 18.3 Å². The number of rotatable bonds is 1. The van der Waals surface area contributed by atoms with E-state index in [4.69, 9.17) is 5.11 Å². The molecule has 0 saturated carbocycles. The van der Waals surface area contributed by atoms with Crippen molar-refractivity contribution in [3.8, 4) is 5.88 Å². The lowest BCUT2D eigenvalue weighted by Crippen LogP contribution is -1.87. The molecule has 0 bridgehead atoms. The Morgan fingerprint density at radius 2 is 2.30 bits per heavy atom. The Labute approximate surface area is 71.2 Å². The van der Waals surface area contributed by atoms with E-state index in [1.165, 1.54) is 18.3 Å². The van der Waals surface area contributed by atoms with Gasteiger partial charge >= 0.3 is 0 Å². The van der Waals surface area contributed by atoms with Crippen molar-refractivity contribution in [2.45, 2.75) is 0 Å². The Morgan fingerprint density at radius 3 is 2.70 bits per heavy atom. The predicted octanol–water partition coefficient (Wildman–Crippen LogP) is 1.36. The first-order valence-electron chi connectivity index (χ1n) is 2.55. The summed E-state index contributed by atoms with van der Waals surface area (Å²) in [7, 11) is 0. The molecule has 0 atom stereocenters. The summed E-state index contributed by atoms with van der Waals surface area (Å²) in [6.45, 7) is 0. The van der Waals surface area contributed by atoms with Crippen molar-refractivity contribution in [3.05, 3.63) is 23.9 Å². The van der Waals surface area contributed by atoms with Gasteiger partial charge in [0, 0.05) is 40.4 Å². The van der Waals surface area contributed by atoms with Crippen LogP contribution in [0.1, 0.15) is 10.4 Å². The Balaban J connectivity index is 3.00. The van der Waals surface area contributed by atoms with Gasteiger partial charge in [0.2, 0.25) is 9.67 Å². The van der Waals surface area contributed by atoms with Gasteiger partial charge < -0.3 is 5.11 Å². The van der Waals surface area contributed by atoms with Gasteiger partial charge in [-0.15, -0.1) is 0 Å². The van der Waals surface area contributed by atoms with Crippen molar-refractivity contribution in [2.75, 3.05) is 0 Å². The normalized spacial score (nSPS) is 9.30. The standard InChI is InChI=1S/C6H4INO2/c7-6(10)4-1-2-5(9)8-3-4/h1-3H,(H,8,9). The summed E-state index contributed by atoms with van der Waals surface area (Å²) in [5.74, 6) is -0.0681. The second-order valence-electron chi connectivity index (χ2n) is 1.68. The fourth-order valence-electron chi connectivity index (χ4n) is 0.502. The molecule has 0 fully saturated rings. The van der Waals surface area contributed by atoms with Gasteiger partial charge in [-0.3, -0.25) is 4.79 Å². The van der Waals surface area contributed by atoms with Crippen molar-refractivity contribution in [1.82, 2.24) is 4.98 Å². The largest absolute Gasteiger partial charge is 0.493 e. The number of halogens is 1. The molecule has 0 amide bonds. The lowest BCUT2D eigenvalue weighted by molar-refractivity contribution is 0.110. The van der Waals surface area contributed by atoms with Gasteiger partial charge in [-0.1, -0.05) is 0 Å². The number of aromatic hydroxyl groups is 1. The number of aromatic nitrogens is 1. The van der Waals surface area contributed by atoms with Crippen molar-refractivity contribution in [1.29, 1.82) is 0 Å². The van der Waals surface area contributed by atoms with Crippen molar-refractivity contribution in [3.63, 3.8) is 0 Å². The van der Waals surface area contributed by atoms with E-state index in [1.54, 1.807) is 22.6 Å². The maximum Gasteiger partial charge on any atom is 0.223 e. The molecule has 52 valence electrons. The van der Waals surface area contributed by atoms with Crippen LogP contribution >= 0.6 is 22.6 Å². The molecular weight excluding hydrogens is 245 g/mol. The first kappa shape index (κ1) is 7.46. The Bertz CT molecular complexity index is 244. The highest BCUT2D eigenvalue weighted by Crippen LogP contribution is 2.08. The summed E-state index contributed by atoms with van der Waals surface area (Å²) < 4.78 is -0.0786. The topological polar surface area (TPSA) is 50.2 Å². The molecule has 1 aromatic rings. The van der Waals surface area contributed by atoms with E-state index >= 15 is 0 Å². The molecule has 0 saturated heterocycles. The van der Waals surface area contributed by atoms with Gasteiger partial charge in [0.05, 0.1) is 0 Å². The highest BCUT2D eigenvalue weighted by Gasteiger charge is 1.99. The Kier molecular flexibility index (Phi) is 2.21. The van der Waals surface area contributed by atoms with Gasteiger partial charge in [-0.2, -0.15) is 0 Å². The highest BCUT2D eigenvalue weighted by atomic mass is 127. The average molecular weight is 249 g/mol. The number of nitrogens with zero attached hydrogens (tertiary/aromatic N) is 1. The molecule has 0 radical (unpaired) electrons. The minimum absolute atomic E-state index is 0.0681. The lowest BCUT2D eigenvalue weighted by Gasteiger charge is -1.91. The predicted molar refractivity (Wildman–Crippen MR) is 44.3 cm³/mol. The van der Waals surface area contributed by atoms with E-state index < -0.39 is 0 Å². The third-order valence-corrected chi connectivity index (χ3v) is 1.60. The summed E-state index contributed by atoms with van der Waals surface area (Å²) in [6.07, 6.45) is 1.34. The summed E-state index contributed by atoms with van der Waals surface area (Å²) in [6, 6.07) is 2.91. The monoisotopic (exact) mass is 249 g/mol. The van der Waals surface area contributed by atoms with E-state index in [9.17, 15) is 4.79 Å². The molecule has 0 aliphatic carbocycles. The molecule has 1 N–H and O–H groups in total. The van der Waals surface area contributed by atoms with E-state index in [2.05, 4.69) is 4.98 Å². The maximum atomic E-state index is 10.6. The minimum Gasteiger partial charge on any atom is -0.493 e. The van der Waals surface area contributed by atoms with Crippen molar-refractivity contribution in [2.24, 2.45) is 0 Å². The highest BCUT2D eigenvalue weighted by molar-refractivity contribution is 14.1. The van der Waals surface area contributed by atoms with Gasteiger partial charge in [0.25, 0.3) is 0 Å². The molecule has 1 rings (SSSR count). The zero-order valence-corrected chi connectivity index (χ0v) is 7.07. The van der Waals surface area contributed by atoms with Crippen molar-refractivity contribution >= 4 is 26.4 Å². The van der Waals surface area contributed by atoms with E-state index in [0.29, 0.717) is 5.56 Å². The molecule has 1 heterocycles. The van der Waals surface area contributed by atoms with Crippen LogP contribution < -0.4 is 0 Å². The SMILES string of the molecule is O=C(I)c1ccc(O)nc1. The van der Waals surface area contributed by atoms with Gasteiger partial charge in [-0.05, 0) is 6.07 Å². The van der Waals surface area contributed by atoms with Crippen molar-refractivity contribution < 1.29 is 9.90 Å². The molecule has 10 heavy (non-hydrogen) atoms. The molecule has 0 spiro atoms. The van der Waals surface area contributed by atoms with E-state index in [1.807, 2.05) is 0 Å². The van der Waals surface area contributed by atoms with Gasteiger partial charge in [-0.25, -0.2) is 4.98 Å². The van der Waals surface area contributed by atoms with Crippen LogP contribution in [0.4, 0.5) is 0 Å². The van der Waals surface area contributed by atoms with Crippen LogP contribution in [-0.4, -0.2) is 13.9 Å². The van der Waals surface area contributed by atoms with Crippen LogP contribution in [0.2, 0.25) is 0 Å². The Hall–Kier alpha value is -0.650. The molecule has 1 aromatic heterocycles. The molecule has 0 aliphatic heterocycles. The van der Waals surface area contributed by atoms with Crippen LogP contribution in [0.5, 0.6) is 5.88 Å². The fourth-order valence-corrected chi connectivity index (χ4v) is 0.821. The van der Waals surface area contributed by atoms with Crippen LogP contribution in [0.25, 0.3) is 0 Å². The van der Waals surface area contributed by atoms with Gasteiger partial charge in [0.1, 0.15) is 0 Å². The number of carbonyl (C=O) groups is 1. The van der Waals surface area contributed by atoms with Crippen LogP contribution in [0.3, 0.4) is 0 Å². The van der Waals surface area contributed by atoms with Crippen LogP contribution in [0, 0.1) is 0 Å². The fraction of sp³-hybridized carbons (Fsp3) is 0. The quantitative estimate of drug-likeness (QED) is 0.603.